The van der Waals surface area contributed by atoms with E-state index in [-0.39, 0.29) is 0 Å². The van der Waals surface area contributed by atoms with Gasteiger partial charge in [0.1, 0.15) is 12.1 Å². The van der Waals surface area contributed by atoms with Crippen molar-refractivity contribution in [2.75, 3.05) is 5.32 Å². The smallest absolute Gasteiger partial charge is 0.137 e. The molecule has 0 spiro atoms. The van der Waals surface area contributed by atoms with Crippen LogP contribution < -0.4 is 5.32 Å². The minimum absolute atomic E-state index is 0.509. The van der Waals surface area contributed by atoms with E-state index < -0.39 is 0 Å². The molecule has 0 unspecified atom stereocenters. The molecule has 0 aliphatic heterocycles. The third kappa shape index (κ3) is 3.96. The van der Waals surface area contributed by atoms with Gasteiger partial charge in [0.05, 0.1) is 22.3 Å². The molecule has 4 nitrogen and oxygen atoms in total. The van der Waals surface area contributed by atoms with Crippen LogP contribution in [0.1, 0.15) is 43.0 Å². The first kappa shape index (κ1) is 16.3. The number of anilines is 2. The van der Waals surface area contributed by atoms with Gasteiger partial charge in [-0.25, -0.2) is 9.97 Å². The van der Waals surface area contributed by atoms with E-state index in [1.54, 1.807) is 24.5 Å². The summed E-state index contributed by atoms with van der Waals surface area (Å²) in [7, 11) is 0. The van der Waals surface area contributed by atoms with Crippen LogP contribution in [0.15, 0.2) is 24.5 Å². The van der Waals surface area contributed by atoms with Crippen LogP contribution in [-0.2, 0) is 6.42 Å². The molecule has 1 N–H and O–H groups in total. The fraction of sp³-hybridized carbons (Fsp3) is 0.353. The van der Waals surface area contributed by atoms with Crippen molar-refractivity contribution < 1.29 is 0 Å². The zero-order valence-electron chi connectivity index (χ0n) is 12.9. The zero-order valence-corrected chi connectivity index (χ0v) is 13.6. The number of aryl methyl sites for hydroxylation is 1. The SMILES string of the molecule is CCCCCc1c(C)ncnc1Nc1ccc(C#N)cc1Cl. The van der Waals surface area contributed by atoms with Crippen molar-refractivity contribution in [1.29, 1.82) is 5.26 Å². The number of aromatic nitrogens is 2. The van der Waals surface area contributed by atoms with Crippen molar-refractivity contribution in [1.82, 2.24) is 9.97 Å². The second kappa shape index (κ2) is 7.77. The number of rotatable bonds is 6. The molecule has 5 heteroatoms. The lowest BCUT2D eigenvalue weighted by Gasteiger charge is -2.13. The van der Waals surface area contributed by atoms with E-state index >= 15 is 0 Å². The van der Waals surface area contributed by atoms with Gasteiger partial charge in [-0.3, -0.25) is 0 Å². The van der Waals surface area contributed by atoms with Crippen LogP contribution in [-0.4, -0.2) is 9.97 Å². The zero-order chi connectivity index (χ0) is 15.9. The highest BCUT2D eigenvalue weighted by atomic mass is 35.5. The molecule has 22 heavy (non-hydrogen) atoms. The van der Waals surface area contributed by atoms with E-state index in [0.29, 0.717) is 10.6 Å². The summed E-state index contributed by atoms with van der Waals surface area (Å²) in [6.45, 7) is 4.18. The standard InChI is InChI=1S/C17H19ClN4/c1-3-4-5-6-14-12(2)20-11-21-17(14)22-16-8-7-13(10-19)9-15(16)18/h7-9,11H,3-6H2,1-2H3,(H,20,21,22). The summed E-state index contributed by atoms with van der Waals surface area (Å²) in [5, 5.41) is 12.7. The minimum Gasteiger partial charge on any atom is -0.339 e. The molecule has 1 heterocycles. The van der Waals surface area contributed by atoms with Crippen molar-refractivity contribution in [2.45, 2.75) is 39.5 Å². The number of benzene rings is 1. The summed E-state index contributed by atoms with van der Waals surface area (Å²) in [5.74, 6) is 0.787. The predicted molar refractivity (Wildman–Crippen MR) is 89.4 cm³/mol. The lowest BCUT2D eigenvalue weighted by molar-refractivity contribution is 0.712. The Kier molecular flexibility index (Phi) is 5.74. The van der Waals surface area contributed by atoms with E-state index in [0.717, 1.165) is 35.6 Å². The molecule has 0 aliphatic rings. The summed E-state index contributed by atoms with van der Waals surface area (Å²) in [6, 6.07) is 7.26. The van der Waals surface area contributed by atoms with Gasteiger partial charge in [-0.2, -0.15) is 5.26 Å². The Labute approximate surface area is 136 Å². The molecule has 0 bridgehead atoms. The Morgan fingerprint density at radius 3 is 2.77 bits per heavy atom. The molecular weight excluding hydrogens is 296 g/mol. The molecule has 0 atom stereocenters. The summed E-state index contributed by atoms with van der Waals surface area (Å²) in [4.78, 5) is 8.63. The molecule has 0 amide bonds. The summed E-state index contributed by atoms with van der Waals surface area (Å²) in [5.41, 5.74) is 3.39. The summed E-state index contributed by atoms with van der Waals surface area (Å²) >= 11 is 6.22. The Bertz CT molecular complexity index is 692. The molecule has 0 aliphatic carbocycles. The molecule has 0 saturated carbocycles. The fourth-order valence-corrected chi connectivity index (χ4v) is 2.50. The Balaban J connectivity index is 2.26. The van der Waals surface area contributed by atoms with Crippen LogP contribution >= 0.6 is 11.6 Å². The maximum absolute atomic E-state index is 8.89. The van der Waals surface area contributed by atoms with Crippen molar-refractivity contribution in [3.05, 3.63) is 46.4 Å². The van der Waals surface area contributed by atoms with E-state index in [9.17, 15) is 0 Å². The van der Waals surface area contributed by atoms with Gasteiger partial charge in [0, 0.05) is 11.3 Å². The van der Waals surface area contributed by atoms with Gasteiger partial charge in [-0.1, -0.05) is 31.4 Å². The molecule has 1 aromatic heterocycles. The first-order valence-electron chi connectivity index (χ1n) is 7.42. The largest absolute Gasteiger partial charge is 0.339 e. The number of hydrogen-bond acceptors (Lipinski definition) is 4. The Morgan fingerprint density at radius 2 is 2.09 bits per heavy atom. The third-order valence-corrected chi connectivity index (χ3v) is 3.86. The molecule has 1 aromatic carbocycles. The summed E-state index contributed by atoms with van der Waals surface area (Å²) in [6.07, 6.45) is 5.97. The number of nitrogens with one attached hydrogen (secondary N) is 1. The second-order valence-electron chi connectivity index (χ2n) is 5.17. The van der Waals surface area contributed by atoms with Crippen molar-refractivity contribution in [3.8, 4) is 6.07 Å². The van der Waals surface area contributed by atoms with Crippen LogP contribution in [0.2, 0.25) is 5.02 Å². The maximum atomic E-state index is 8.89. The highest BCUT2D eigenvalue weighted by molar-refractivity contribution is 6.33. The number of unbranched alkanes of at least 4 members (excludes halogenated alkanes) is 2. The number of nitrogens with zero attached hydrogens (tertiary/aromatic N) is 3. The Hall–Kier alpha value is -2.12. The minimum atomic E-state index is 0.509. The average Bonchev–Trinajstić information content (AvgIpc) is 2.52. The van der Waals surface area contributed by atoms with Gasteiger partial charge in [0.2, 0.25) is 0 Å². The number of halogens is 1. The van der Waals surface area contributed by atoms with Gasteiger partial charge >= 0.3 is 0 Å². The van der Waals surface area contributed by atoms with Crippen LogP contribution in [0, 0.1) is 18.3 Å². The van der Waals surface area contributed by atoms with Crippen molar-refractivity contribution in [2.24, 2.45) is 0 Å². The second-order valence-corrected chi connectivity index (χ2v) is 5.58. The molecule has 0 saturated heterocycles. The van der Waals surface area contributed by atoms with Crippen LogP contribution in [0.3, 0.4) is 0 Å². The molecule has 0 radical (unpaired) electrons. The Morgan fingerprint density at radius 1 is 1.27 bits per heavy atom. The summed E-state index contributed by atoms with van der Waals surface area (Å²) < 4.78 is 0. The van der Waals surface area contributed by atoms with Gasteiger partial charge in [-0.05, 0) is 38.0 Å². The van der Waals surface area contributed by atoms with Crippen molar-refractivity contribution >= 4 is 23.1 Å². The fourth-order valence-electron chi connectivity index (χ4n) is 2.27. The van der Waals surface area contributed by atoms with E-state index in [2.05, 4.69) is 28.3 Å². The highest BCUT2D eigenvalue weighted by Gasteiger charge is 2.10. The molecule has 2 rings (SSSR count). The lowest BCUT2D eigenvalue weighted by atomic mass is 10.1. The molecule has 2 aromatic rings. The average molecular weight is 315 g/mol. The molecular formula is C17H19ClN4. The van der Waals surface area contributed by atoms with E-state index in [1.807, 2.05) is 6.92 Å². The quantitative estimate of drug-likeness (QED) is 0.779. The molecule has 0 fully saturated rings. The highest BCUT2D eigenvalue weighted by Crippen LogP contribution is 2.28. The monoisotopic (exact) mass is 314 g/mol. The number of hydrogen-bond donors (Lipinski definition) is 1. The van der Waals surface area contributed by atoms with Gasteiger partial charge < -0.3 is 5.32 Å². The molecule has 114 valence electrons. The topological polar surface area (TPSA) is 61.6 Å². The number of nitriles is 1. The normalized spacial score (nSPS) is 10.3. The lowest BCUT2D eigenvalue weighted by Crippen LogP contribution is -2.04. The van der Waals surface area contributed by atoms with Crippen molar-refractivity contribution in [3.63, 3.8) is 0 Å². The first-order valence-corrected chi connectivity index (χ1v) is 7.80. The van der Waals surface area contributed by atoms with Crippen LogP contribution in [0.4, 0.5) is 11.5 Å². The van der Waals surface area contributed by atoms with Gasteiger partial charge in [-0.15, -0.1) is 0 Å². The van der Waals surface area contributed by atoms with Crippen LogP contribution in [0.25, 0.3) is 0 Å². The van der Waals surface area contributed by atoms with E-state index in [1.165, 1.54) is 12.8 Å². The maximum Gasteiger partial charge on any atom is 0.137 e. The van der Waals surface area contributed by atoms with E-state index in [4.69, 9.17) is 16.9 Å². The van der Waals surface area contributed by atoms with Gasteiger partial charge in [0.15, 0.2) is 0 Å². The third-order valence-electron chi connectivity index (χ3n) is 3.54. The van der Waals surface area contributed by atoms with Crippen LogP contribution in [0.5, 0.6) is 0 Å². The van der Waals surface area contributed by atoms with Gasteiger partial charge in [0.25, 0.3) is 0 Å². The first-order chi connectivity index (χ1) is 10.7. The predicted octanol–water partition coefficient (Wildman–Crippen LogP) is 4.79.